The Morgan fingerprint density at radius 2 is 1.89 bits per heavy atom. The number of para-hydroxylation sites is 1. The predicted molar refractivity (Wildman–Crippen MR) is 71.8 cm³/mol. The van der Waals surface area contributed by atoms with Gasteiger partial charge in [0.05, 0.1) is 11.5 Å². The summed E-state index contributed by atoms with van der Waals surface area (Å²) in [5.41, 5.74) is 1.14. The van der Waals surface area contributed by atoms with Gasteiger partial charge in [-0.15, -0.1) is 0 Å². The van der Waals surface area contributed by atoms with Crippen LogP contribution in [0.15, 0.2) is 52.1 Å². The Balaban J connectivity index is 2.28. The van der Waals surface area contributed by atoms with Crippen LogP contribution in [0.25, 0.3) is 5.16 Å². The van der Waals surface area contributed by atoms with Gasteiger partial charge in [0.1, 0.15) is 10.8 Å². The molecule has 1 aliphatic heterocycles. The lowest BCUT2D eigenvalue weighted by molar-refractivity contribution is 0.437. The maximum Gasteiger partial charge on any atom is 0.226 e. The molecule has 1 aromatic carbocycles. The number of furan rings is 1. The van der Waals surface area contributed by atoms with Crippen LogP contribution < -0.4 is 15.7 Å². The molecule has 0 fully saturated rings. The molecule has 0 radical (unpaired) electrons. The molecule has 0 spiro atoms. The first-order chi connectivity index (χ1) is 8.59. The van der Waals surface area contributed by atoms with Gasteiger partial charge in [-0.1, -0.05) is 29.8 Å². The van der Waals surface area contributed by atoms with Crippen molar-refractivity contribution < 1.29 is 4.42 Å². The van der Waals surface area contributed by atoms with Crippen molar-refractivity contribution in [2.24, 2.45) is 4.99 Å². The third-order valence-electron chi connectivity index (χ3n) is 3.00. The van der Waals surface area contributed by atoms with Crippen molar-refractivity contribution in [2.75, 3.05) is 4.90 Å². The van der Waals surface area contributed by atoms with E-state index in [0.29, 0.717) is 10.7 Å². The lowest BCUT2D eigenvalue weighted by atomic mass is 10.1. The van der Waals surface area contributed by atoms with Gasteiger partial charge >= 0.3 is 0 Å². The number of nitrogens with zero attached hydrogens (tertiary/aromatic N) is 2. The minimum atomic E-state index is -0.469. The third-order valence-corrected chi connectivity index (χ3v) is 3.37. The summed E-state index contributed by atoms with van der Waals surface area (Å²) in [6.45, 7) is 4.02. The van der Waals surface area contributed by atoms with E-state index in [1.54, 1.807) is 6.26 Å². The third kappa shape index (κ3) is 1.63. The topological polar surface area (TPSA) is 28.7 Å². The highest BCUT2D eigenvalue weighted by Gasteiger charge is 2.32. The average Bonchev–Trinajstić information content (AvgIpc) is 2.77. The molecule has 0 unspecified atom stereocenters. The van der Waals surface area contributed by atoms with E-state index in [4.69, 9.17) is 16.0 Å². The van der Waals surface area contributed by atoms with Gasteiger partial charge in [0.25, 0.3) is 0 Å². The second-order valence-corrected chi connectivity index (χ2v) is 5.07. The number of halogens is 1. The average molecular weight is 261 g/mol. The Kier molecular flexibility index (Phi) is 2.45. The number of rotatable bonds is 1. The highest BCUT2D eigenvalue weighted by molar-refractivity contribution is 6.47. The van der Waals surface area contributed by atoms with Crippen molar-refractivity contribution in [3.8, 4) is 0 Å². The Morgan fingerprint density at radius 3 is 2.61 bits per heavy atom. The van der Waals surface area contributed by atoms with E-state index in [9.17, 15) is 0 Å². The minimum absolute atomic E-state index is 0.469. The van der Waals surface area contributed by atoms with E-state index in [0.717, 1.165) is 10.9 Å². The Hall–Kier alpha value is -1.74. The second kappa shape index (κ2) is 3.89. The van der Waals surface area contributed by atoms with E-state index < -0.39 is 5.66 Å². The van der Waals surface area contributed by atoms with Gasteiger partial charge in [-0.2, -0.15) is 0 Å². The summed E-state index contributed by atoms with van der Waals surface area (Å²) in [5.74, 6) is 0. The van der Waals surface area contributed by atoms with Crippen LogP contribution in [-0.4, -0.2) is 5.66 Å². The van der Waals surface area contributed by atoms with E-state index >= 15 is 0 Å². The summed E-state index contributed by atoms with van der Waals surface area (Å²) in [5, 5.41) is 1.48. The van der Waals surface area contributed by atoms with Gasteiger partial charge in [-0.25, -0.2) is 4.99 Å². The molecule has 0 N–H and O–H groups in total. The van der Waals surface area contributed by atoms with Crippen LogP contribution in [-0.2, 0) is 0 Å². The zero-order valence-corrected chi connectivity index (χ0v) is 11.0. The molecule has 0 saturated heterocycles. The van der Waals surface area contributed by atoms with Crippen molar-refractivity contribution in [3.63, 3.8) is 0 Å². The molecule has 3 nitrogen and oxygen atoms in total. The van der Waals surface area contributed by atoms with E-state index in [1.165, 1.54) is 0 Å². The molecule has 2 aromatic rings. The van der Waals surface area contributed by atoms with Crippen molar-refractivity contribution in [1.29, 1.82) is 0 Å². The number of benzene rings is 1. The van der Waals surface area contributed by atoms with Crippen LogP contribution in [0, 0.1) is 0 Å². The molecule has 3 rings (SSSR count). The first-order valence-corrected chi connectivity index (χ1v) is 6.16. The maximum atomic E-state index is 6.50. The largest absolute Gasteiger partial charge is 0.446 e. The van der Waals surface area contributed by atoms with Crippen molar-refractivity contribution in [3.05, 3.63) is 53.4 Å². The molecule has 2 heterocycles. The fraction of sp³-hybridized carbons (Fsp3) is 0.214. The SMILES string of the molecule is CC1(C)N=c2occc2=C(Cl)N1c1ccccc1. The molecular weight excluding hydrogens is 248 g/mol. The zero-order chi connectivity index (χ0) is 12.8. The van der Waals surface area contributed by atoms with Crippen LogP contribution in [0.2, 0.25) is 0 Å². The molecule has 0 bridgehead atoms. The quantitative estimate of drug-likeness (QED) is 0.737. The van der Waals surface area contributed by atoms with Crippen molar-refractivity contribution in [1.82, 2.24) is 0 Å². The molecule has 4 heteroatoms. The number of anilines is 1. The van der Waals surface area contributed by atoms with Gasteiger partial charge in [0, 0.05) is 5.69 Å². The fourth-order valence-electron chi connectivity index (χ4n) is 2.21. The Morgan fingerprint density at radius 1 is 1.17 bits per heavy atom. The van der Waals surface area contributed by atoms with Gasteiger partial charge in [-0.3, -0.25) is 0 Å². The van der Waals surface area contributed by atoms with Crippen molar-refractivity contribution >= 4 is 22.4 Å². The smallest absolute Gasteiger partial charge is 0.226 e. The predicted octanol–water partition coefficient (Wildman–Crippen LogP) is 2.46. The molecule has 1 aliphatic rings. The summed E-state index contributed by atoms with van der Waals surface area (Å²) in [4.78, 5) is 6.61. The molecular formula is C14H13ClN2O. The van der Waals surface area contributed by atoms with Crippen molar-refractivity contribution in [2.45, 2.75) is 19.5 Å². The maximum absolute atomic E-state index is 6.50. The van der Waals surface area contributed by atoms with E-state index in [1.807, 2.05) is 55.1 Å². The highest BCUT2D eigenvalue weighted by atomic mass is 35.5. The summed E-state index contributed by atoms with van der Waals surface area (Å²) in [6.07, 6.45) is 1.61. The molecule has 92 valence electrons. The Bertz CT molecular complexity index is 688. The second-order valence-electron chi connectivity index (χ2n) is 4.71. The van der Waals surface area contributed by atoms with Gasteiger partial charge in [0.2, 0.25) is 5.55 Å². The molecule has 18 heavy (non-hydrogen) atoms. The number of hydrogen-bond acceptors (Lipinski definition) is 3. The summed E-state index contributed by atoms with van der Waals surface area (Å²) >= 11 is 6.50. The van der Waals surface area contributed by atoms with E-state index in [2.05, 4.69) is 4.99 Å². The Labute approximate surface area is 110 Å². The van der Waals surface area contributed by atoms with Gasteiger partial charge in [0.15, 0.2) is 0 Å². The van der Waals surface area contributed by atoms with Crippen LogP contribution in [0.4, 0.5) is 5.69 Å². The van der Waals surface area contributed by atoms with Crippen LogP contribution >= 0.6 is 11.6 Å². The summed E-state index contributed by atoms with van der Waals surface area (Å²) < 4.78 is 5.35. The summed E-state index contributed by atoms with van der Waals surface area (Å²) in [6, 6.07) is 11.8. The highest BCUT2D eigenvalue weighted by Crippen LogP contribution is 2.32. The normalized spacial score (nSPS) is 17.3. The molecule has 0 amide bonds. The van der Waals surface area contributed by atoms with Crippen LogP contribution in [0.1, 0.15) is 13.8 Å². The lowest BCUT2D eigenvalue weighted by Crippen LogP contribution is -2.49. The monoisotopic (exact) mass is 260 g/mol. The lowest BCUT2D eigenvalue weighted by Gasteiger charge is -2.37. The zero-order valence-electron chi connectivity index (χ0n) is 10.2. The molecule has 1 aromatic heterocycles. The first kappa shape index (κ1) is 11.4. The number of fused-ring (bicyclic) bond motifs is 1. The number of hydrogen-bond donors (Lipinski definition) is 0. The summed E-state index contributed by atoms with van der Waals surface area (Å²) in [7, 11) is 0. The standard InChI is InChI=1S/C14H13ClN2O/c1-14(2)16-13-11(8-9-18-13)12(15)17(14)10-6-4-3-5-7-10/h3-9H,1-2H3. The van der Waals surface area contributed by atoms with Crippen LogP contribution in [0.3, 0.4) is 0 Å². The molecule has 0 aliphatic carbocycles. The van der Waals surface area contributed by atoms with Crippen LogP contribution in [0.5, 0.6) is 0 Å². The fourth-order valence-corrected chi connectivity index (χ4v) is 2.66. The first-order valence-electron chi connectivity index (χ1n) is 5.78. The van der Waals surface area contributed by atoms with Gasteiger partial charge in [-0.05, 0) is 32.0 Å². The molecule has 0 atom stereocenters. The minimum Gasteiger partial charge on any atom is -0.446 e. The molecule has 0 saturated carbocycles. The van der Waals surface area contributed by atoms with Gasteiger partial charge < -0.3 is 9.32 Å². The van der Waals surface area contributed by atoms with E-state index in [-0.39, 0.29) is 0 Å².